The summed E-state index contributed by atoms with van der Waals surface area (Å²) in [5, 5.41) is 10.2. The van der Waals surface area contributed by atoms with Crippen LogP contribution in [0, 0.1) is 0 Å². The smallest absolute Gasteiger partial charge is 0.0468 e. The molecule has 0 aliphatic rings. The molecule has 0 fully saturated rings. The van der Waals surface area contributed by atoms with Gasteiger partial charge in [-0.15, -0.1) is 11.3 Å². The summed E-state index contributed by atoms with van der Waals surface area (Å²) in [4.78, 5) is 2.40. The van der Waals surface area contributed by atoms with Crippen LogP contribution in [0.1, 0.15) is 0 Å². The Labute approximate surface area is 294 Å². The normalized spacial score (nSPS) is 11.6. The van der Waals surface area contributed by atoms with Gasteiger partial charge < -0.3 is 4.90 Å². The van der Waals surface area contributed by atoms with E-state index >= 15 is 0 Å². The van der Waals surface area contributed by atoms with Gasteiger partial charge in [-0.3, -0.25) is 0 Å². The number of fused-ring (bicyclic) bond motifs is 7. The first kappa shape index (κ1) is 28.8. The monoisotopic (exact) mass is 653 g/mol. The first-order chi connectivity index (χ1) is 24.8. The van der Waals surface area contributed by atoms with E-state index in [-0.39, 0.29) is 0 Å². The second kappa shape index (κ2) is 11.7. The van der Waals surface area contributed by atoms with Crippen LogP contribution in [-0.2, 0) is 0 Å². The van der Waals surface area contributed by atoms with E-state index in [1.807, 2.05) is 11.3 Å². The van der Waals surface area contributed by atoms with E-state index < -0.39 is 0 Å². The second-order valence-electron chi connectivity index (χ2n) is 13.0. The van der Waals surface area contributed by atoms with Gasteiger partial charge in [0.1, 0.15) is 0 Å². The Morgan fingerprint density at radius 1 is 0.300 bits per heavy atom. The Morgan fingerprint density at radius 2 is 0.920 bits per heavy atom. The van der Waals surface area contributed by atoms with Gasteiger partial charge in [0.2, 0.25) is 0 Å². The Morgan fingerprint density at radius 3 is 1.80 bits per heavy atom. The highest BCUT2D eigenvalue weighted by atomic mass is 32.1. The average molecular weight is 654 g/mol. The molecule has 2 heteroatoms. The van der Waals surface area contributed by atoms with Crippen molar-refractivity contribution in [1.82, 2.24) is 0 Å². The minimum absolute atomic E-state index is 1.12. The summed E-state index contributed by atoms with van der Waals surface area (Å²) < 4.78 is 2.62. The Hall–Kier alpha value is -6.22. The quantitative estimate of drug-likeness (QED) is 0.167. The highest BCUT2D eigenvalue weighted by Crippen LogP contribution is 2.42. The van der Waals surface area contributed by atoms with Crippen LogP contribution >= 0.6 is 11.3 Å². The minimum Gasteiger partial charge on any atom is -0.310 e. The van der Waals surface area contributed by atoms with Crippen molar-refractivity contribution in [3.05, 3.63) is 188 Å². The fourth-order valence-corrected chi connectivity index (χ4v) is 8.67. The van der Waals surface area contributed by atoms with Crippen molar-refractivity contribution in [3.63, 3.8) is 0 Å². The molecule has 0 bridgehead atoms. The van der Waals surface area contributed by atoms with Gasteiger partial charge in [0.25, 0.3) is 0 Å². The zero-order chi connectivity index (χ0) is 33.0. The molecule has 0 unspecified atom stereocenters. The molecule has 0 amide bonds. The lowest BCUT2D eigenvalue weighted by molar-refractivity contribution is 1.29. The van der Waals surface area contributed by atoms with Crippen LogP contribution in [0.25, 0.3) is 74.7 Å². The Kier molecular flexibility index (Phi) is 6.75. The van der Waals surface area contributed by atoms with Crippen molar-refractivity contribution >= 4 is 80.9 Å². The van der Waals surface area contributed by atoms with E-state index in [1.165, 1.54) is 74.7 Å². The predicted octanol–water partition coefficient (Wildman–Crippen LogP) is 14.3. The van der Waals surface area contributed by atoms with Crippen LogP contribution in [-0.4, -0.2) is 0 Å². The van der Waals surface area contributed by atoms with Gasteiger partial charge in [-0.25, -0.2) is 0 Å². The largest absolute Gasteiger partial charge is 0.310 e. The fraction of sp³-hybridized carbons (Fsp3) is 0. The van der Waals surface area contributed by atoms with E-state index in [0.717, 1.165) is 17.1 Å². The molecule has 0 atom stereocenters. The van der Waals surface area contributed by atoms with Crippen molar-refractivity contribution in [2.24, 2.45) is 0 Å². The van der Waals surface area contributed by atoms with E-state index in [1.54, 1.807) is 0 Å². The molecule has 0 N–H and O–H groups in total. The molecular weight excluding hydrogens is 623 g/mol. The summed E-state index contributed by atoms with van der Waals surface area (Å²) in [6.07, 6.45) is 0. The molecule has 0 saturated heterocycles. The van der Waals surface area contributed by atoms with Crippen molar-refractivity contribution in [2.75, 3.05) is 4.90 Å². The first-order valence-corrected chi connectivity index (χ1v) is 17.9. The third kappa shape index (κ3) is 4.84. The average Bonchev–Trinajstić information content (AvgIpc) is 3.56. The highest BCUT2D eigenvalue weighted by Gasteiger charge is 2.17. The van der Waals surface area contributed by atoms with Crippen molar-refractivity contribution in [2.45, 2.75) is 0 Å². The summed E-state index contributed by atoms with van der Waals surface area (Å²) in [6, 6.07) is 68.8. The molecule has 10 aromatic rings. The van der Waals surface area contributed by atoms with Gasteiger partial charge in [0.15, 0.2) is 0 Å². The van der Waals surface area contributed by atoms with Crippen molar-refractivity contribution < 1.29 is 0 Å². The van der Waals surface area contributed by atoms with Crippen LogP contribution < -0.4 is 4.90 Å². The van der Waals surface area contributed by atoms with Gasteiger partial charge in [-0.05, 0) is 109 Å². The maximum atomic E-state index is 2.40. The molecule has 1 aromatic heterocycles. The number of thiophene rings is 1. The lowest BCUT2D eigenvalue weighted by atomic mass is 9.97. The third-order valence-electron chi connectivity index (χ3n) is 10.0. The molecule has 0 spiro atoms. The molecule has 0 saturated carbocycles. The third-order valence-corrected chi connectivity index (χ3v) is 11.2. The number of anilines is 3. The van der Waals surface area contributed by atoms with Crippen LogP contribution in [0.5, 0.6) is 0 Å². The van der Waals surface area contributed by atoms with Gasteiger partial charge in [0.05, 0.1) is 0 Å². The summed E-state index contributed by atoms with van der Waals surface area (Å²) in [6.45, 7) is 0. The van der Waals surface area contributed by atoms with Crippen molar-refractivity contribution in [1.29, 1.82) is 0 Å². The van der Waals surface area contributed by atoms with Gasteiger partial charge >= 0.3 is 0 Å². The van der Waals surface area contributed by atoms with Crippen molar-refractivity contribution in [3.8, 4) is 22.3 Å². The number of hydrogen-bond donors (Lipinski definition) is 0. The number of nitrogens with zero attached hydrogens (tertiary/aromatic N) is 1. The van der Waals surface area contributed by atoms with E-state index in [0.29, 0.717) is 0 Å². The number of hydrogen-bond acceptors (Lipinski definition) is 2. The summed E-state index contributed by atoms with van der Waals surface area (Å²) >= 11 is 1.86. The van der Waals surface area contributed by atoms with Crippen LogP contribution in [0.4, 0.5) is 17.1 Å². The summed E-state index contributed by atoms with van der Waals surface area (Å²) in [5.74, 6) is 0. The van der Waals surface area contributed by atoms with Crippen LogP contribution in [0.15, 0.2) is 188 Å². The highest BCUT2D eigenvalue weighted by molar-refractivity contribution is 7.25. The SMILES string of the molecule is c1cc(-c2cccc3ccccc23)cc(N(c2ccc(-c3ccc4c(ccc5ccccc54)c3)cc2)c2ccc3sc4ccccc4c3c2)c1. The maximum Gasteiger partial charge on any atom is 0.0468 e. The standard InChI is InChI=1S/C48H31NS/c1-3-14-41-33(9-1)11-8-17-43(41)36-12-7-13-39(30-36)49(40-26-28-48-46(31-40)45-16-5-6-18-47(45)50-48)38-24-21-32(22-25-38)35-23-27-44-37(29-35)20-19-34-10-2-4-15-42(34)44/h1-31H. The molecule has 234 valence electrons. The van der Waals surface area contributed by atoms with Gasteiger partial charge in [-0.1, -0.05) is 133 Å². The zero-order valence-electron chi connectivity index (χ0n) is 27.3. The fourth-order valence-electron chi connectivity index (χ4n) is 7.59. The van der Waals surface area contributed by atoms with E-state index in [4.69, 9.17) is 0 Å². The Bertz CT molecular complexity index is 2870. The van der Waals surface area contributed by atoms with Gasteiger partial charge in [-0.2, -0.15) is 0 Å². The van der Waals surface area contributed by atoms with Gasteiger partial charge in [0, 0.05) is 37.2 Å². The molecule has 0 aliphatic carbocycles. The molecule has 1 nitrogen and oxygen atoms in total. The minimum atomic E-state index is 1.12. The molecule has 10 rings (SSSR count). The van der Waals surface area contributed by atoms with Crippen LogP contribution in [0.3, 0.4) is 0 Å². The molecule has 0 radical (unpaired) electrons. The summed E-state index contributed by atoms with van der Waals surface area (Å²) in [7, 11) is 0. The topological polar surface area (TPSA) is 3.24 Å². The number of benzene rings is 9. The lowest BCUT2D eigenvalue weighted by Gasteiger charge is -2.26. The first-order valence-electron chi connectivity index (χ1n) is 17.1. The van der Waals surface area contributed by atoms with E-state index in [2.05, 4.69) is 193 Å². The molecule has 1 heterocycles. The van der Waals surface area contributed by atoms with E-state index in [9.17, 15) is 0 Å². The maximum absolute atomic E-state index is 2.40. The zero-order valence-corrected chi connectivity index (χ0v) is 28.1. The lowest BCUT2D eigenvalue weighted by Crippen LogP contribution is -2.10. The molecule has 9 aromatic carbocycles. The predicted molar refractivity (Wildman–Crippen MR) is 217 cm³/mol. The Balaban J connectivity index is 1.11. The molecular formula is C48H31NS. The number of rotatable bonds is 5. The second-order valence-corrected chi connectivity index (χ2v) is 14.0. The molecule has 0 aliphatic heterocycles. The summed E-state index contributed by atoms with van der Waals surface area (Å²) in [5.41, 5.74) is 8.24. The van der Waals surface area contributed by atoms with Crippen LogP contribution in [0.2, 0.25) is 0 Å². The molecule has 50 heavy (non-hydrogen) atoms.